The van der Waals surface area contributed by atoms with E-state index in [9.17, 15) is 4.79 Å². The van der Waals surface area contributed by atoms with E-state index in [0.29, 0.717) is 16.7 Å². The number of hydrogen-bond donors (Lipinski definition) is 3. The van der Waals surface area contributed by atoms with Crippen LogP contribution >= 0.6 is 23.4 Å². The Kier molecular flexibility index (Phi) is 3.64. The number of aromatic amines is 1. The van der Waals surface area contributed by atoms with Crippen LogP contribution in [0.15, 0.2) is 28.5 Å². The Morgan fingerprint density at radius 1 is 1.50 bits per heavy atom. The van der Waals surface area contributed by atoms with E-state index in [1.807, 2.05) is 19.1 Å². The standard InChI is InChI=1S/C12H12ClN5OS/c1-2-14-10-6-3-7(13)9(4-8(6)17-11(10)19)20-12-15-5-16-18-12/h3-5,10,14H,2H2,1H3,(H,17,19)(H,15,16,18). The summed E-state index contributed by atoms with van der Waals surface area (Å²) in [6, 6.07) is 3.35. The molecule has 1 aromatic carbocycles. The normalized spacial score (nSPS) is 17.1. The summed E-state index contributed by atoms with van der Waals surface area (Å²) in [4.78, 5) is 16.8. The third-order valence-electron chi connectivity index (χ3n) is 2.94. The number of nitrogens with zero attached hydrogens (tertiary/aromatic N) is 2. The number of fused-ring (bicyclic) bond motifs is 1. The minimum Gasteiger partial charge on any atom is -0.324 e. The van der Waals surface area contributed by atoms with Crippen LogP contribution in [0.5, 0.6) is 0 Å². The van der Waals surface area contributed by atoms with Gasteiger partial charge < -0.3 is 10.6 Å². The molecule has 0 aliphatic carbocycles. The van der Waals surface area contributed by atoms with Crippen molar-refractivity contribution in [3.05, 3.63) is 29.0 Å². The molecule has 0 fully saturated rings. The number of carbonyl (C=O) groups is 1. The van der Waals surface area contributed by atoms with Crippen LogP contribution in [0.25, 0.3) is 0 Å². The fourth-order valence-electron chi connectivity index (χ4n) is 2.09. The maximum absolute atomic E-state index is 11.9. The van der Waals surface area contributed by atoms with Gasteiger partial charge in [0.05, 0.1) is 5.02 Å². The molecule has 3 N–H and O–H groups in total. The number of rotatable bonds is 4. The first-order chi connectivity index (χ1) is 9.69. The van der Waals surface area contributed by atoms with Crippen LogP contribution in [0.1, 0.15) is 18.5 Å². The van der Waals surface area contributed by atoms with Gasteiger partial charge in [0.2, 0.25) is 5.91 Å². The van der Waals surface area contributed by atoms with Crippen molar-refractivity contribution in [2.45, 2.75) is 23.0 Å². The van der Waals surface area contributed by atoms with Gasteiger partial charge in [0.1, 0.15) is 12.4 Å². The number of anilines is 1. The number of benzene rings is 1. The SMILES string of the molecule is CCNC1C(=O)Nc2cc(Sc3ncn[nH]3)c(Cl)cc21. The maximum Gasteiger partial charge on any atom is 0.246 e. The number of likely N-dealkylation sites (N-methyl/N-ethyl adjacent to an activating group) is 1. The second-order valence-corrected chi connectivity index (χ2v) is 5.68. The van der Waals surface area contributed by atoms with Gasteiger partial charge in [0, 0.05) is 16.1 Å². The molecule has 1 aliphatic heterocycles. The first-order valence-electron chi connectivity index (χ1n) is 6.10. The Bertz CT molecular complexity index is 646. The third kappa shape index (κ3) is 2.39. The summed E-state index contributed by atoms with van der Waals surface area (Å²) in [5.41, 5.74) is 1.66. The number of hydrogen-bond acceptors (Lipinski definition) is 5. The van der Waals surface area contributed by atoms with Crippen molar-refractivity contribution in [1.29, 1.82) is 0 Å². The molecule has 0 saturated carbocycles. The molecule has 3 rings (SSSR count). The lowest BCUT2D eigenvalue weighted by Gasteiger charge is -2.10. The predicted molar refractivity (Wildman–Crippen MR) is 77.0 cm³/mol. The molecular formula is C12H12ClN5OS. The van der Waals surface area contributed by atoms with Gasteiger partial charge in [0.25, 0.3) is 0 Å². The lowest BCUT2D eigenvalue weighted by Crippen LogP contribution is -2.27. The van der Waals surface area contributed by atoms with Gasteiger partial charge in [-0.15, -0.1) is 0 Å². The van der Waals surface area contributed by atoms with E-state index in [0.717, 1.165) is 16.1 Å². The zero-order valence-corrected chi connectivity index (χ0v) is 12.2. The van der Waals surface area contributed by atoms with Crippen LogP contribution in [-0.2, 0) is 4.79 Å². The molecule has 8 heteroatoms. The first-order valence-corrected chi connectivity index (χ1v) is 7.29. The largest absolute Gasteiger partial charge is 0.324 e. The molecule has 1 atom stereocenters. The second kappa shape index (κ2) is 5.43. The van der Waals surface area contributed by atoms with Crippen LogP contribution in [0.3, 0.4) is 0 Å². The minimum absolute atomic E-state index is 0.0558. The lowest BCUT2D eigenvalue weighted by molar-refractivity contribution is -0.117. The summed E-state index contributed by atoms with van der Waals surface area (Å²) in [5.74, 6) is -0.0558. The number of amides is 1. The topological polar surface area (TPSA) is 82.7 Å². The van der Waals surface area contributed by atoms with Crippen molar-refractivity contribution in [2.24, 2.45) is 0 Å². The summed E-state index contributed by atoms with van der Waals surface area (Å²) < 4.78 is 0. The van der Waals surface area contributed by atoms with E-state index in [1.165, 1.54) is 18.1 Å². The van der Waals surface area contributed by atoms with E-state index >= 15 is 0 Å². The van der Waals surface area contributed by atoms with Gasteiger partial charge in [0.15, 0.2) is 5.16 Å². The predicted octanol–water partition coefficient (Wildman–Crippen LogP) is 2.21. The Hall–Kier alpha value is -1.57. The highest BCUT2D eigenvalue weighted by Crippen LogP contribution is 2.40. The van der Waals surface area contributed by atoms with Gasteiger partial charge in [-0.2, -0.15) is 5.10 Å². The molecule has 0 saturated heterocycles. The number of H-pyrrole nitrogens is 1. The Labute approximate surface area is 124 Å². The smallest absolute Gasteiger partial charge is 0.246 e. The fourth-order valence-corrected chi connectivity index (χ4v) is 3.12. The van der Waals surface area contributed by atoms with Crippen LogP contribution < -0.4 is 10.6 Å². The summed E-state index contributed by atoms with van der Waals surface area (Å²) in [7, 11) is 0. The van der Waals surface area contributed by atoms with E-state index in [-0.39, 0.29) is 11.9 Å². The fraction of sp³-hybridized carbons (Fsp3) is 0.250. The molecule has 0 radical (unpaired) electrons. The first kappa shape index (κ1) is 13.4. The van der Waals surface area contributed by atoms with Crippen LogP contribution in [0, 0.1) is 0 Å². The quantitative estimate of drug-likeness (QED) is 0.806. The zero-order valence-electron chi connectivity index (χ0n) is 10.6. The molecule has 0 spiro atoms. The number of halogens is 1. The van der Waals surface area contributed by atoms with Gasteiger partial charge >= 0.3 is 0 Å². The minimum atomic E-state index is -0.336. The number of carbonyl (C=O) groups excluding carboxylic acids is 1. The molecule has 2 aromatic rings. The number of aromatic nitrogens is 3. The summed E-state index contributed by atoms with van der Waals surface area (Å²) in [6.07, 6.45) is 1.44. The molecule has 6 nitrogen and oxygen atoms in total. The molecule has 1 amide bonds. The molecule has 1 unspecified atom stereocenters. The summed E-state index contributed by atoms with van der Waals surface area (Å²) in [5, 5.41) is 13.8. The highest BCUT2D eigenvalue weighted by molar-refractivity contribution is 7.99. The Balaban J connectivity index is 1.93. The molecule has 20 heavy (non-hydrogen) atoms. The highest BCUT2D eigenvalue weighted by Gasteiger charge is 2.30. The van der Waals surface area contributed by atoms with Crippen molar-refractivity contribution in [2.75, 3.05) is 11.9 Å². The average molecular weight is 310 g/mol. The van der Waals surface area contributed by atoms with Gasteiger partial charge in [-0.25, -0.2) is 4.98 Å². The van der Waals surface area contributed by atoms with Crippen LogP contribution in [0.2, 0.25) is 5.02 Å². The monoisotopic (exact) mass is 309 g/mol. The van der Waals surface area contributed by atoms with Gasteiger partial charge in [-0.3, -0.25) is 9.89 Å². The molecular weight excluding hydrogens is 298 g/mol. The summed E-state index contributed by atoms with van der Waals surface area (Å²) >= 11 is 7.66. The van der Waals surface area contributed by atoms with Crippen molar-refractivity contribution < 1.29 is 4.79 Å². The van der Waals surface area contributed by atoms with Crippen molar-refractivity contribution in [3.8, 4) is 0 Å². The van der Waals surface area contributed by atoms with E-state index in [1.54, 1.807) is 0 Å². The van der Waals surface area contributed by atoms with Crippen LogP contribution in [0.4, 0.5) is 5.69 Å². The van der Waals surface area contributed by atoms with Crippen LogP contribution in [-0.4, -0.2) is 27.6 Å². The van der Waals surface area contributed by atoms with E-state index in [4.69, 9.17) is 11.6 Å². The molecule has 0 bridgehead atoms. The molecule has 2 heterocycles. The van der Waals surface area contributed by atoms with Crippen molar-refractivity contribution in [1.82, 2.24) is 20.5 Å². The average Bonchev–Trinajstić information content (AvgIpc) is 3.01. The molecule has 104 valence electrons. The lowest BCUT2D eigenvalue weighted by atomic mass is 10.1. The van der Waals surface area contributed by atoms with Gasteiger partial charge in [-0.1, -0.05) is 18.5 Å². The summed E-state index contributed by atoms with van der Waals surface area (Å²) in [6.45, 7) is 2.67. The number of nitrogens with one attached hydrogen (secondary N) is 3. The van der Waals surface area contributed by atoms with Crippen molar-refractivity contribution in [3.63, 3.8) is 0 Å². The van der Waals surface area contributed by atoms with Gasteiger partial charge in [-0.05, 0) is 30.4 Å². The Morgan fingerprint density at radius 3 is 3.05 bits per heavy atom. The van der Waals surface area contributed by atoms with E-state index in [2.05, 4.69) is 25.8 Å². The van der Waals surface area contributed by atoms with E-state index < -0.39 is 0 Å². The third-order valence-corrected chi connectivity index (χ3v) is 4.32. The second-order valence-electron chi connectivity index (χ2n) is 4.24. The molecule has 1 aliphatic rings. The Morgan fingerprint density at radius 2 is 2.35 bits per heavy atom. The van der Waals surface area contributed by atoms with Crippen molar-refractivity contribution >= 4 is 35.0 Å². The molecule has 1 aromatic heterocycles. The highest BCUT2D eigenvalue weighted by atomic mass is 35.5. The zero-order chi connectivity index (χ0) is 14.1. The maximum atomic E-state index is 11.9.